The van der Waals surface area contributed by atoms with Gasteiger partial charge in [0, 0.05) is 16.5 Å². The Morgan fingerprint density at radius 2 is 2.03 bits per heavy atom. The van der Waals surface area contributed by atoms with E-state index in [2.05, 4.69) is 15.2 Å². The summed E-state index contributed by atoms with van der Waals surface area (Å²) in [6.45, 7) is 2.37. The Morgan fingerprint density at radius 3 is 2.76 bits per heavy atom. The summed E-state index contributed by atoms with van der Waals surface area (Å²) in [5.74, 6) is -0.487. The van der Waals surface area contributed by atoms with Crippen molar-refractivity contribution in [3.05, 3.63) is 48.2 Å². The second-order valence-electron chi connectivity index (χ2n) is 7.00. The number of halogens is 3. The highest BCUT2D eigenvalue weighted by atomic mass is 19.4. The summed E-state index contributed by atoms with van der Waals surface area (Å²) in [6.07, 6.45) is -2.82. The Bertz CT molecular complexity index is 1300. The van der Waals surface area contributed by atoms with E-state index in [-0.39, 0.29) is 35.4 Å². The van der Waals surface area contributed by atoms with Crippen LogP contribution < -0.4 is 4.74 Å². The third-order valence-electron chi connectivity index (χ3n) is 4.94. The van der Waals surface area contributed by atoms with Gasteiger partial charge in [0.2, 0.25) is 5.82 Å². The zero-order valence-corrected chi connectivity index (χ0v) is 17.7. The van der Waals surface area contributed by atoms with E-state index in [1.165, 1.54) is 19.2 Å². The van der Waals surface area contributed by atoms with Gasteiger partial charge in [0.1, 0.15) is 5.75 Å². The molecule has 4 rings (SSSR count). The molecule has 2 aromatic carbocycles. The van der Waals surface area contributed by atoms with Gasteiger partial charge in [-0.25, -0.2) is 0 Å². The van der Waals surface area contributed by atoms with E-state index < -0.39 is 11.7 Å². The smallest absolute Gasteiger partial charge is 0.419 e. The molecule has 0 saturated heterocycles. The highest BCUT2D eigenvalue weighted by molar-refractivity contribution is 5.93. The molecule has 0 spiro atoms. The highest BCUT2D eigenvalue weighted by Gasteiger charge is 2.35. The van der Waals surface area contributed by atoms with Crippen LogP contribution in [0.4, 0.5) is 13.2 Å². The first-order valence-corrected chi connectivity index (χ1v) is 10.0. The number of fused-ring (bicyclic) bond motifs is 1. The molecule has 2 heterocycles. The lowest BCUT2D eigenvalue weighted by molar-refractivity contribution is -0.143. The minimum Gasteiger partial charge on any atom is -0.496 e. The summed E-state index contributed by atoms with van der Waals surface area (Å²) in [6, 6.07) is 8.88. The Labute approximate surface area is 185 Å². The van der Waals surface area contributed by atoms with Crippen molar-refractivity contribution >= 4 is 16.9 Å². The van der Waals surface area contributed by atoms with Gasteiger partial charge in [0.05, 0.1) is 44.0 Å². The first kappa shape index (κ1) is 22.3. The molecule has 0 aliphatic carbocycles. The van der Waals surface area contributed by atoms with Gasteiger partial charge in [-0.3, -0.25) is 9.48 Å². The predicted molar refractivity (Wildman–Crippen MR) is 111 cm³/mol. The summed E-state index contributed by atoms with van der Waals surface area (Å²) in [5.41, 5.74) is 0.507. The molecule has 0 aliphatic rings. The molecule has 0 fully saturated rings. The van der Waals surface area contributed by atoms with Crippen LogP contribution in [0.25, 0.3) is 33.7 Å². The average Bonchev–Trinajstić information content (AvgIpc) is 3.44. The molecule has 0 bridgehead atoms. The molecule has 0 radical (unpaired) electrons. The van der Waals surface area contributed by atoms with Gasteiger partial charge in [0.15, 0.2) is 0 Å². The Hall–Kier alpha value is -3.89. The minimum atomic E-state index is -4.60. The number of rotatable bonds is 7. The van der Waals surface area contributed by atoms with E-state index >= 15 is 0 Å². The van der Waals surface area contributed by atoms with E-state index in [1.54, 1.807) is 29.9 Å². The predicted octanol–water partition coefficient (Wildman–Crippen LogP) is 4.73. The first-order chi connectivity index (χ1) is 15.8. The lowest BCUT2D eigenvalue weighted by atomic mass is 10.1. The molecule has 0 aliphatic heterocycles. The largest absolute Gasteiger partial charge is 0.496 e. The van der Waals surface area contributed by atoms with Gasteiger partial charge in [-0.15, -0.1) is 0 Å². The SMILES string of the molecule is CCOC(=O)CCn1ncc2c(-c3noc(-c4ccc(OC)c(C(F)(F)F)c4)n3)cccc21. The maximum Gasteiger partial charge on any atom is 0.419 e. The number of hydrogen-bond acceptors (Lipinski definition) is 7. The monoisotopic (exact) mass is 460 g/mol. The van der Waals surface area contributed by atoms with Crippen molar-refractivity contribution in [3.63, 3.8) is 0 Å². The third-order valence-corrected chi connectivity index (χ3v) is 4.94. The molecule has 8 nitrogen and oxygen atoms in total. The fourth-order valence-electron chi connectivity index (χ4n) is 3.42. The summed E-state index contributed by atoms with van der Waals surface area (Å²) >= 11 is 0. The minimum absolute atomic E-state index is 0.0649. The van der Waals surface area contributed by atoms with Crippen LogP contribution in [0.1, 0.15) is 18.9 Å². The molecule has 11 heteroatoms. The lowest BCUT2D eigenvalue weighted by Gasteiger charge is -2.12. The molecule has 2 aromatic heterocycles. The molecule has 33 heavy (non-hydrogen) atoms. The number of benzene rings is 2. The van der Waals surface area contributed by atoms with Crippen LogP contribution in [0.2, 0.25) is 0 Å². The fourth-order valence-corrected chi connectivity index (χ4v) is 3.42. The van der Waals surface area contributed by atoms with Crippen LogP contribution in [0.5, 0.6) is 5.75 Å². The lowest BCUT2D eigenvalue weighted by Crippen LogP contribution is -2.09. The zero-order valence-electron chi connectivity index (χ0n) is 17.7. The second-order valence-corrected chi connectivity index (χ2v) is 7.00. The number of carbonyl (C=O) groups excluding carboxylic acids is 1. The molecule has 0 unspecified atom stereocenters. The van der Waals surface area contributed by atoms with Gasteiger partial charge < -0.3 is 14.0 Å². The summed E-state index contributed by atoms with van der Waals surface area (Å²) in [4.78, 5) is 15.9. The van der Waals surface area contributed by atoms with E-state index in [0.29, 0.717) is 24.1 Å². The Balaban J connectivity index is 1.65. The van der Waals surface area contributed by atoms with E-state index in [1.807, 2.05) is 6.07 Å². The van der Waals surface area contributed by atoms with Crippen LogP contribution in [0.3, 0.4) is 0 Å². The van der Waals surface area contributed by atoms with Crippen LogP contribution in [-0.4, -0.2) is 39.6 Å². The van der Waals surface area contributed by atoms with Gasteiger partial charge in [-0.1, -0.05) is 17.3 Å². The number of ether oxygens (including phenoxy) is 2. The number of alkyl halides is 3. The zero-order chi connectivity index (χ0) is 23.6. The average molecular weight is 460 g/mol. The van der Waals surface area contributed by atoms with E-state index in [4.69, 9.17) is 14.0 Å². The fraction of sp³-hybridized carbons (Fsp3) is 0.273. The summed E-state index contributed by atoms with van der Waals surface area (Å²) < 4.78 is 56.7. The standard InChI is InChI=1S/C22H19F3N4O4/c1-3-32-19(30)9-10-29-17-6-4-5-14(15(17)12-26-29)20-27-21(33-28-20)13-7-8-18(31-2)16(11-13)22(23,24)25/h4-8,11-12H,3,9-10H2,1-2H3. The van der Waals surface area contributed by atoms with Gasteiger partial charge >= 0.3 is 12.1 Å². The molecule has 0 amide bonds. The topological polar surface area (TPSA) is 92.3 Å². The molecular weight excluding hydrogens is 441 g/mol. The first-order valence-electron chi connectivity index (χ1n) is 10.0. The number of nitrogens with zero attached hydrogens (tertiary/aromatic N) is 4. The van der Waals surface area contributed by atoms with Crippen molar-refractivity contribution in [2.24, 2.45) is 0 Å². The molecule has 0 saturated carbocycles. The number of esters is 1. The molecular formula is C22H19F3N4O4. The number of aromatic nitrogens is 4. The Morgan fingerprint density at radius 1 is 1.21 bits per heavy atom. The molecule has 0 N–H and O–H groups in total. The van der Waals surface area contributed by atoms with Crippen molar-refractivity contribution < 1.29 is 32.0 Å². The van der Waals surface area contributed by atoms with Crippen molar-refractivity contribution in [3.8, 4) is 28.6 Å². The molecule has 0 atom stereocenters. The van der Waals surface area contributed by atoms with Crippen LogP contribution in [0, 0.1) is 0 Å². The summed E-state index contributed by atoms with van der Waals surface area (Å²) in [7, 11) is 1.17. The number of hydrogen-bond donors (Lipinski definition) is 0. The Kier molecular flexibility index (Phi) is 6.03. The van der Waals surface area contributed by atoms with E-state index in [9.17, 15) is 18.0 Å². The van der Waals surface area contributed by atoms with Crippen molar-refractivity contribution in [1.29, 1.82) is 0 Å². The van der Waals surface area contributed by atoms with E-state index in [0.717, 1.165) is 11.6 Å². The second kappa shape index (κ2) is 8.93. The van der Waals surface area contributed by atoms with Gasteiger partial charge in [-0.05, 0) is 31.2 Å². The number of aryl methyl sites for hydroxylation is 1. The highest BCUT2D eigenvalue weighted by Crippen LogP contribution is 2.38. The number of carbonyl (C=O) groups is 1. The summed E-state index contributed by atoms with van der Waals surface area (Å²) in [5, 5.41) is 8.97. The van der Waals surface area contributed by atoms with Gasteiger partial charge in [-0.2, -0.15) is 23.3 Å². The van der Waals surface area contributed by atoms with Crippen LogP contribution >= 0.6 is 0 Å². The normalized spacial score (nSPS) is 11.7. The molecule has 4 aromatic rings. The molecule has 172 valence electrons. The van der Waals surface area contributed by atoms with Crippen LogP contribution in [-0.2, 0) is 22.3 Å². The van der Waals surface area contributed by atoms with Crippen molar-refractivity contribution in [2.45, 2.75) is 26.1 Å². The van der Waals surface area contributed by atoms with Crippen LogP contribution in [0.15, 0.2) is 47.1 Å². The number of methoxy groups -OCH3 is 1. The third kappa shape index (κ3) is 4.52. The van der Waals surface area contributed by atoms with Crippen molar-refractivity contribution in [2.75, 3.05) is 13.7 Å². The maximum absolute atomic E-state index is 13.3. The van der Waals surface area contributed by atoms with Crippen molar-refractivity contribution in [1.82, 2.24) is 19.9 Å². The maximum atomic E-state index is 13.3. The van der Waals surface area contributed by atoms with Gasteiger partial charge in [0.25, 0.3) is 5.89 Å². The quantitative estimate of drug-likeness (QED) is 0.368.